The largest absolute Gasteiger partial charge is 0.472 e. The third-order valence-electron chi connectivity index (χ3n) is 4.67. The third kappa shape index (κ3) is 3.06. The van der Waals surface area contributed by atoms with Gasteiger partial charge in [-0.25, -0.2) is 0 Å². The summed E-state index contributed by atoms with van der Waals surface area (Å²) in [6.07, 6.45) is 3.31. The molecule has 1 saturated heterocycles. The van der Waals surface area contributed by atoms with Gasteiger partial charge >= 0.3 is 0 Å². The van der Waals surface area contributed by atoms with Gasteiger partial charge in [-0.05, 0) is 19.9 Å². The van der Waals surface area contributed by atoms with Gasteiger partial charge in [-0.15, -0.1) is 0 Å². The summed E-state index contributed by atoms with van der Waals surface area (Å²) in [6.45, 7) is 6.10. The highest BCUT2D eigenvalue weighted by Gasteiger charge is 2.26. The van der Waals surface area contributed by atoms with Gasteiger partial charge in [-0.1, -0.05) is 0 Å². The lowest BCUT2D eigenvalue weighted by molar-refractivity contribution is -0.131. The number of piperazine rings is 1. The van der Waals surface area contributed by atoms with Gasteiger partial charge in [-0.2, -0.15) is 5.10 Å². The van der Waals surface area contributed by atoms with E-state index in [-0.39, 0.29) is 11.8 Å². The number of hydrogen-bond acceptors (Lipinski definition) is 4. The van der Waals surface area contributed by atoms with E-state index in [2.05, 4.69) is 5.10 Å². The average Bonchev–Trinajstić information content (AvgIpc) is 3.19. The number of aromatic nitrogens is 2. The summed E-state index contributed by atoms with van der Waals surface area (Å²) in [5.74, 6) is 0.0411. The van der Waals surface area contributed by atoms with Crippen molar-refractivity contribution in [2.45, 2.75) is 20.3 Å². The molecule has 3 heterocycles. The lowest BCUT2D eigenvalue weighted by Gasteiger charge is -2.34. The second-order valence-corrected chi connectivity index (χ2v) is 6.13. The van der Waals surface area contributed by atoms with E-state index in [1.165, 1.54) is 12.5 Å². The fourth-order valence-corrected chi connectivity index (χ4v) is 3.06. The Morgan fingerprint density at radius 3 is 2.38 bits per heavy atom. The van der Waals surface area contributed by atoms with E-state index in [1.54, 1.807) is 15.6 Å². The average molecular weight is 330 g/mol. The number of furan rings is 1. The van der Waals surface area contributed by atoms with Crippen molar-refractivity contribution in [3.05, 3.63) is 41.1 Å². The number of carbonyl (C=O) groups excluding carboxylic acids is 2. The fourth-order valence-electron chi connectivity index (χ4n) is 3.06. The highest BCUT2D eigenvalue weighted by atomic mass is 16.3. The molecule has 2 aromatic heterocycles. The molecule has 0 unspecified atom stereocenters. The monoisotopic (exact) mass is 330 g/mol. The van der Waals surface area contributed by atoms with E-state index < -0.39 is 0 Å². The SMILES string of the molecule is Cc1nn(C)c(C)c1CC(=O)N1CCN(C(=O)c2ccoc2)CC1. The highest BCUT2D eigenvalue weighted by molar-refractivity contribution is 5.94. The van der Waals surface area contributed by atoms with Crippen molar-refractivity contribution in [1.82, 2.24) is 19.6 Å². The van der Waals surface area contributed by atoms with E-state index in [0.717, 1.165) is 17.0 Å². The fraction of sp³-hybridized carbons (Fsp3) is 0.471. The predicted octanol–water partition coefficient (Wildman–Crippen LogP) is 1.16. The highest BCUT2D eigenvalue weighted by Crippen LogP contribution is 2.15. The molecule has 0 saturated carbocycles. The summed E-state index contributed by atoms with van der Waals surface area (Å²) < 4.78 is 6.76. The Kier molecular flexibility index (Phi) is 4.42. The van der Waals surface area contributed by atoms with Crippen LogP contribution in [-0.4, -0.2) is 57.6 Å². The van der Waals surface area contributed by atoms with Crippen LogP contribution in [0.1, 0.15) is 27.3 Å². The van der Waals surface area contributed by atoms with Gasteiger partial charge in [0, 0.05) is 44.5 Å². The van der Waals surface area contributed by atoms with Gasteiger partial charge in [0.1, 0.15) is 6.26 Å². The van der Waals surface area contributed by atoms with E-state index in [1.807, 2.05) is 25.8 Å². The maximum atomic E-state index is 12.6. The van der Waals surface area contributed by atoms with Crippen molar-refractivity contribution in [2.75, 3.05) is 26.2 Å². The summed E-state index contributed by atoms with van der Waals surface area (Å²) in [5, 5.41) is 4.36. The molecule has 0 aliphatic carbocycles. The Morgan fingerprint density at radius 2 is 1.83 bits per heavy atom. The zero-order valence-corrected chi connectivity index (χ0v) is 14.3. The van der Waals surface area contributed by atoms with Crippen molar-refractivity contribution in [1.29, 1.82) is 0 Å². The van der Waals surface area contributed by atoms with Gasteiger partial charge in [0.25, 0.3) is 5.91 Å². The number of amides is 2. The van der Waals surface area contributed by atoms with Gasteiger partial charge < -0.3 is 14.2 Å². The van der Waals surface area contributed by atoms with Crippen LogP contribution < -0.4 is 0 Å². The molecule has 1 aliphatic rings. The molecule has 2 amide bonds. The first-order valence-electron chi connectivity index (χ1n) is 8.05. The van der Waals surface area contributed by atoms with Crippen molar-refractivity contribution in [3.63, 3.8) is 0 Å². The lowest BCUT2D eigenvalue weighted by atomic mass is 10.1. The summed E-state index contributed by atoms with van der Waals surface area (Å²) in [6, 6.07) is 1.66. The van der Waals surface area contributed by atoms with Crippen LogP contribution in [0.2, 0.25) is 0 Å². The molecule has 0 radical (unpaired) electrons. The van der Waals surface area contributed by atoms with Crippen LogP contribution in [0.4, 0.5) is 0 Å². The van der Waals surface area contributed by atoms with Crippen LogP contribution in [0, 0.1) is 13.8 Å². The van der Waals surface area contributed by atoms with E-state index in [0.29, 0.717) is 38.2 Å². The molecule has 0 aromatic carbocycles. The maximum Gasteiger partial charge on any atom is 0.257 e. The van der Waals surface area contributed by atoms with Crippen LogP contribution in [0.15, 0.2) is 23.0 Å². The zero-order valence-electron chi connectivity index (χ0n) is 14.3. The van der Waals surface area contributed by atoms with Crippen LogP contribution in [0.3, 0.4) is 0 Å². The molecule has 128 valence electrons. The third-order valence-corrected chi connectivity index (χ3v) is 4.67. The molecule has 7 heteroatoms. The Morgan fingerprint density at radius 1 is 1.17 bits per heavy atom. The van der Waals surface area contributed by atoms with Gasteiger partial charge in [-0.3, -0.25) is 14.3 Å². The Hall–Kier alpha value is -2.57. The van der Waals surface area contributed by atoms with Gasteiger partial charge in [0.2, 0.25) is 5.91 Å². The molecular weight excluding hydrogens is 308 g/mol. The van der Waals surface area contributed by atoms with Crippen LogP contribution in [0.25, 0.3) is 0 Å². The zero-order chi connectivity index (χ0) is 17.3. The minimum atomic E-state index is -0.0465. The Balaban J connectivity index is 1.58. The van der Waals surface area contributed by atoms with Crippen molar-refractivity contribution >= 4 is 11.8 Å². The van der Waals surface area contributed by atoms with E-state index in [9.17, 15) is 9.59 Å². The van der Waals surface area contributed by atoms with Gasteiger partial charge in [0.15, 0.2) is 0 Å². The minimum Gasteiger partial charge on any atom is -0.472 e. The van der Waals surface area contributed by atoms with Crippen molar-refractivity contribution in [2.24, 2.45) is 7.05 Å². The molecule has 7 nitrogen and oxygen atoms in total. The topological polar surface area (TPSA) is 71.6 Å². The number of aryl methyl sites for hydroxylation is 2. The standard InChI is InChI=1S/C17H22N4O3/c1-12-15(13(2)19(3)18-12)10-16(22)20-5-7-21(8-6-20)17(23)14-4-9-24-11-14/h4,9,11H,5-8,10H2,1-3H3. The smallest absolute Gasteiger partial charge is 0.257 e. The number of carbonyl (C=O) groups is 2. The van der Waals surface area contributed by atoms with Crippen LogP contribution in [0.5, 0.6) is 0 Å². The van der Waals surface area contributed by atoms with Gasteiger partial charge in [0.05, 0.1) is 23.9 Å². The first-order chi connectivity index (χ1) is 11.5. The molecule has 0 atom stereocenters. The summed E-state index contributed by atoms with van der Waals surface area (Å²) in [7, 11) is 1.89. The molecule has 0 N–H and O–H groups in total. The predicted molar refractivity (Wildman–Crippen MR) is 87.6 cm³/mol. The number of rotatable bonds is 3. The second-order valence-electron chi connectivity index (χ2n) is 6.13. The first kappa shape index (κ1) is 16.3. The van der Waals surface area contributed by atoms with E-state index in [4.69, 9.17) is 4.42 Å². The Bertz CT molecular complexity index is 740. The Labute approximate surface area is 140 Å². The first-order valence-corrected chi connectivity index (χ1v) is 8.05. The lowest BCUT2D eigenvalue weighted by Crippen LogP contribution is -2.51. The molecule has 0 bridgehead atoms. The summed E-state index contributed by atoms with van der Waals surface area (Å²) in [5.41, 5.74) is 3.47. The second kappa shape index (κ2) is 6.51. The van der Waals surface area contributed by atoms with Crippen LogP contribution in [-0.2, 0) is 18.3 Å². The molecular formula is C17H22N4O3. The van der Waals surface area contributed by atoms with Crippen molar-refractivity contribution < 1.29 is 14.0 Å². The van der Waals surface area contributed by atoms with Crippen molar-refractivity contribution in [3.8, 4) is 0 Å². The van der Waals surface area contributed by atoms with E-state index >= 15 is 0 Å². The molecule has 3 rings (SSSR count). The number of hydrogen-bond donors (Lipinski definition) is 0. The summed E-state index contributed by atoms with van der Waals surface area (Å²) >= 11 is 0. The quantitative estimate of drug-likeness (QED) is 0.846. The van der Waals surface area contributed by atoms with Crippen LogP contribution >= 0.6 is 0 Å². The molecule has 0 spiro atoms. The summed E-state index contributed by atoms with van der Waals surface area (Å²) in [4.78, 5) is 28.4. The minimum absolute atomic E-state index is 0.0465. The molecule has 24 heavy (non-hydrogen) atoms. The normalized spacial score (nSPS) is 15.0. The number of nitrogens with zero attached hydrogens (tertiary/aromatic N) is 4. The maximum absolute atomic E-state index is 12.6. The molecule has 1 aliphatic heterocycles. The molecule has 2 aromatic rings. The molecule has 1 fully saturated rings.